The summed E-state index contributed by atoms with van der Waals surface area (Å²) in [5, 5.41) is 2.96. The largest absolute Gasteiger partial charge is 0.431 e. The van der Waals surface area contributed by atoms with Crippen LogP contribution in [0, 0.1) is 0 Å². The van der Waals surface area contributed by atoms with Crippen molar-refractivity contribution < 1.29 is 13.2 Å². The SMILES string of the molecule is CCCNCCn1c(C(F)(F)F)cccc1=O. The van der Waals surface area contributed by atoms with Crippen molar-refractivity contribution in [2.45, 2.75) is 26.1 Å². The van der Waals surface area contributed by atoms with Gasteiger partial charge < -0.3 is 9.88 Å². The van der Waals surface area contributed by atoms with Crippen molar-refractivity contribution in [3.8, 4) is 0 Å². The Morgan fingerprint density at radius 1 is 1.29 bits per heavy atom. The van der Waals surface area contributed by atoms with Crippen molar-refractivity contribution in [3.63, 3.8) is 0 Å². The summed E-state index contributed by atoms with van der Waals surface area (Å²) < 4.78 is 38.6. The van der Waals surface area contributed by atoms with Gasteiger partial charge in [-0.15, -0.1) is 0 Å². The first-order chi connectivity index (χ1) is 7.96. The molecule has 0 bridgehead atoms. The molecule has 1 aromatic heterocycles. The molecule has 0 aliphatic rings. The molecule has 0 fully saturated rings. The number of rotatable bonds is 5. The maximum absolute atomic E-state index is 12.6. The van der Waals surface area contributed by atoms with Gasteiger partial charge in [-0.3, -0.25) is 4.79 Å². The molecule has 6 heteroatoms. The average Bonchev–Trinajstić information content (AvgIpc) is 2.24. The standard InChI is InChI=1S/C11H15F3N2O/c1-2-6-15-7-8-16-9(11(12,13)14)4-3-5-10(16)17/h3-5,15H,2,6-8H2,1H3. The second-order valence-electron chi connectivity index (χ2n) is 3.65. The van der Waals surface area contributed by atoms with Gasteiger partial charge in [-0.25, -0.2) is 0 Å². The van der Waals surface area contributed by atoms with Crippen LogP contribution in [0.15, 0.2) is 23.0 Å². The fourth-order valence-electron chi connectivity index (χ4n) is 1.49. The Bertz CT molecular complexity index is 412. The van der Waals surface area contributed by atoms with Crippen molar-refractivity contribution in [1.82, 2.24) is 9.88 Å². The summed E-state index contributed by atoms with van der Waals surface area (Å²) in [5.41, 5.74) is -1.53. The summed E-state index contributed by atoms with van der Waals surface area (Å²) in [7, 11) is 0. The second-order valence-corrected chi connectivity index (χ2v) is 3.65. The predicted octanol–water partition coefficient (Wildman–Crippen LogP) is 1.87. The van der Waals surface area contributed by atoms with Gasteiger partial charge in [0.2, 0.25) is 0 Å². The van der Waals surface area contributed by atoms with Gasteiger partial charge in [0, 0.05) is 19.2 Å². The van der Waals surface area contributed by atoms with Gasteiger partial charge in [-0.05, 0) is 19.0 Å². The highest BCUT2D eigenvalue weighted by Gasteiger charge is 2.33. The summed E-state index contributed by atoms with van der Waals surface area (Å²) in [6.45, 7) is 3.06. The van der Waals surface area contributed by atoms with E-state index in [2.05, 4.69) is 5.32 Å². The average molecular weight is 248 g/mol. The molecule has 1 rings (SSSR count). The van der Waals surface area contributed by atoms with Crippen LogP contribution in [0.2, 0.25) is 0 Å². The molecule has 1 aromatic rings. The molecular weight excluding hydrogens is 233 g/mol. The van der Waals surface area contributed by atoms with Crippen LogP contribution in [0.3, 0.4) is 0 Å². The lowest BCUT2D eigenvalue weighted by atomic mass is 10.3. The lowest BCUT2D eigenvalue weighted by Crippen LogP contribution is -2.31. The third kappa shape index (κ3) is 3.89. The first-order valence-electron chi connectivity index (χ1n) is 5.44. The molecule has 3 nitrogen and oxygen atoms in total. The Labute approximate surface area is 97.3 Å². The van der Waals surface area contributed by atoms with Crippen LogP contribution in [0.4, 0.5) is 13.2 Å². The highest BCUT2D eigenvalue weighted by Crippen LogP contribution is 2.27. The number of hydrogen-bond donors (Lipinski definition) is 1. The van der Waals surface area contributed by atoms with Gasteiger partial charge in [0.25, 0.3) is 5.56 Å². The van der Waals surface area contributed by atoms with Crippen molar-refractivity contribution in [2.24, 2.45) is 0 Å². The quantitative estimate of drug-likeness (QED) is 0.807. The first-order valence-corrected chi connectivity index (χ1v) is 5.44. The van der Waals surface area contributed by atoms with Crippen LogP contribution in [0.5, 0.6) is 0 Å². The summed E-state index contributed by atoms with van der Waals surface area (Å²) in [5.74, 6) is 0. The van der Waals surface area contributed by atoms with E-state index in [9.17, 15) is 18.0 Å². The van der Waals surface area contributed by atoms with Crippen LogP contribution >= 0.6 is 0 Å². The van der Waals surface area contributed by atoms with Crippen molar-refractivity contribution >= 4 is 0 Å². The molecule has 17 heavy (non-hydrogen) atoms. The molecule has 0 saturated heterocycles. The maximum atomic E-state index is 12.6. The van der Waals surface area contributed by atoms with E-state index in [4.69, 9.17) is 0 Å². The Morgan fingerprint density at radius 3 is 2.59 bits per heavy atom. The summed E-state index contributed by atoms with van der Waals surface area (Å²) in [6, 6.07) is 3.18. The lowest BCUT2D eigenvalue weighted by molar-refractivity contribution is -0.144. The van der Waals surface area contributed by atoms with E-state index in [-0.39, 0.29) is 6.54 Å². The van der Waals surface area contributed by atoms with E-state index in [0.29, 0.717) is 6.54 Å². The highest BCUT2D eigenvalue weighted by atomic mass is 19.4. The molecule has 0 aromatic carbocycles. The maximum Gasteiger partial charge on any atom is 0.431 e. The number of halogens is 3. The minimum atomic E-state index is -4.49. The van der Waals surface area contributed by atoms with E-state index < -0.39 is 17.4 Å². The zero-order chi connectivity index (χ0) is 12.9. The molecule has 1 N–H and O–H groups in total. The molecule has 1 heterocycles. The Balaban J connectivity index is 2.86. The van der Waals surface area contributed by atoms with Gasteiger partial charge in [-0.1, -0.05) is 13.0 Å². The number of aromatic nitrogens is 1. The van der Waals surface area contributed by atoms with Crippen molar-refractivity contribution in [3.05, 3.63) is 34.2 Å². The molecule has 0 saturated carbocycles. The molecule has 96 valence electrons. The van der Waals surface area contributed by atoms with Crippen LogP contribution in [0.1, 0.15) is 19.0 Å². The Morgan fingerprint density at radius 2 is 2.00 bits per heavy atom. The van der Waals surface area contributed by atoms with E-state index in [1.807, 2.05) is 6.92 Å². The Kier molecular flexibility index (Phi) is 4.74. The van der Waals surface area contributed by atoms with E-state index in [0.717, 1.165) is 35.7 Å². The van der Waals surface area contributed by atoms with Gasteiger partial charge >= 0.3 is 6.18 Å². The minimum absolute atomic E-state index is 0.0223. The molecule has 0 unspecified atom stereocenters. The summed E-state index contributed by atoms with van der Waals surface area (Å²) >= 11 is 0. The van der Waals surface area contributed by atoms with Crippen LogP contribution in [0.25, 0.3) is 0 Å². The monoisotopic (exact) mass is 248 g/mol. The van der Waals surface area contributed by atoms with Crippen molar-refractivity contribution in [2.75, 3.05) is 13.1 Å². The van der Waals surface area contributed by atoms with Gasteiger partial charge in [0.1, 0.15) is 5.69 Å². The molecule has 0 amide bonds. The molecule has 0 spiro atoms. The van der Waals surface area contributed by atoms with Gasteiger partial charge in [0.05, 0.1) is 0 Å². The van der Waals surface area contributed by atoms with Crippen molar-refractivity contribution in [1.29, 1.82) is 0 Å². The minimum Gasteiger partial charge on any atom is -0.315 e. The molecule has 0 aliphatic carbocycles. The second kappa shape index (κ2) is 5.86. The number of hydrogen-bond acceptors (Lipinski definition) is 2. The predicted molar refractivity (Wildman–Crippen MR) is 58.9 cm³/mol. The smallest absolute Gasteiger partial charge is 0.315 e. The number of nitrogens with zero attached hydrogens (tertiary/aromatic N) is 1. The highest BCUT2D eigenvalue weighted by molar-refractivity contribution is 5.10. The van der Waals surface area contributed by atoms with E-state index in [1.54, 1.807) is 0 Å². The topological polar surface area (TPSA) is 34.0 Å². The van der Waals surface area contributed by atoms with Crippen LogP contribution in [-0.4, -0.2) is 17.7 Å². The molecule has 0 atom stereocenters. The lowest BCUT2D eigenvalue weighted by Gasteiger charge is -2.14. The van der Waals surface area contributed by atoms with Gasteiger partial charge in [-0.2, -0.15) is 13.2 Å². The summed E-state index contributed by atoms with van der Waals surface area (Å²) in [4.78, 5) is 11.4. The number of pyridine rings is 1. The number of nitrogens with one attached hydrogen (secondary N) is 1. The zero-order valence-electron chi connectivity index (χ0n) is 9.55. The fraction of sp³-hybridized carbons (Fsp3) is 0.545. The molecule has 0 radical (unpaired) electrons. The normalized spacial score (nSPS) is 11.8. The molecular formula is C11H15F3N2O. The zero-order valence-corrected chi connectivity index (χ0v) is 9.55. The summed E-state index contributed by atoms with van der Waals surface area (Å²) in [6.07, 6.45) is -3.60. The number of alkyl halides is 3. The van der Waals surface area contributed by atoms with E-state index in [1.165, 1.54) is 0 Å². The fourth-order valence-corrected chi connectivity index (χ4v) is 1.49. The first kappa shape index (κ1) is 13.8. The van der Waals surface area contributed by atoms with E-state index >= 15 is 0 Å². The third-order valence-electron chi connectivity index (χ3n) is 2.28. The van der Waals surface area contributed by atoms with Crippen LogP contribution < -0.4 is 10.9 Å². The van der Waals surface area contributed by atoms with Gasteiger partial charge in [0.15, 0.2) is 0 Å². The Hall–Kier alpha value is -1.30. The van der Waals surface area contributed by atoms with Crippen LogP contribution in [-0.2, 0) is 12.7 Å². The third-order valence-corrected chi connectivity index (χ3v) is 2.28. The molecule has 0 aliphatic heterocycles.